The average molecular weight is 222 g/mol. The maximum atomic E-state index is 4.28. The molecule has 0 aromatic carbocycles. The van der Waals surface area contributed by atoms with Gasteiger partial charge >= 0.3 is 0 Å². The molecule has 92 valence electrons. The molecule has 0 saturated heterocycles. The number of hydrogen-bond donors (Lipinski definition) is 1. The highest BCUT2D eigenvalue weighted by molar-refractivity contribution is 5.09. The van der Waals surface area contributed by atoms with Crippen LogP contribution in [0.1, 0.15) is 70.8 Å². The molecule has 1 heterocycles. The van der Waals surface area contributed by atoms with Crippen molar-refractivity contribution in [2.75, 3.05) is 0 Å². The molecule has 1 atom stereocenters. The monoisotopic (exact) mass is 222 g/mol. The van der Waals surface area contributed by atoms with Gasteiger partial charge in [-0.2, -0.15) is 0 Å². The second-order valence-corrected chi connectivity index (χ2v) is 5.38. The van der Waals surface area contributed by atoms with Crippen molar-refractivity contribution < 1.29 is 0 Å². The van der Waals surface area contributed by atoms with Gasteiger partial charge in [-0.3, -0.25) is 0 Å². The van der Waals surface area contributed by atoms with Crippen LogP contribution in [0.25, 0.3) is 0 Å². The maximum Gasteiger partial charge on any atom is 0.103 e. The van der Waals surface area contributed by atoms with E-state index in [-0.39, 0.29) is 0 Å². The number of H-pyrrole nitrogens is 1. The Morgan fingerprint density at radius 1 is 1.38 bits per heavy atom. The van der Waals surface area contributed by atoms with Gasteiger partial charge in [0.1, 0.15) is 5.82 Å². The Balaban J connectivity index is 0.000000606. The number of nitrogens with zero attached hydrogens (tertiary/aromatic N) is 1. The van der Waals surface area contributed by atoms with E-state index in [1.54, 1.807) is 0 Å². The molecular weight excluding hydrogens is 196 g/mol. The van der Waals surface area contributed by atoms with Crippen LogP contribution in [0.15, 0.2) is 6.20 Å². The molecular formula is C14H26N2. The zero-order valence-electron chi connectivity index (χ0n) is 11.4. The third kappa shape index (κ3) is 3.36. The lowest BCUT2D eigenvalue weighted by Crippen LogP contribution is -2.21. The van der Waals surface area contributed by atoms with E-state index in [2.05, 4.69) is 23.8 Å². The van der Waals surface area contributed by atoms with Crippen LogP contribution < -0.4 is 0 Å². The Labute approximate surface area is 99.9 Å². The molecule has 1 N–H and O–H groups in total. The number of aryl methyl sites for hydroxylation is 1. The van der Waals surface area contributed by atoms with Gasteiger partial charge in [0, 0.05) is 17.8 Å². The smallest absolute Gasteiger partial charge is 0.103 e. The fraction of sp³-hybridized carbons (Fsp3) is 0.786. The molecule has 1 saturated carbocycles. The van der Waals surface area contributed by atoms with Gasteiger partial charge in [-0.15, -0.1) is 0 Å². The Kier molecular flexibility index (Phi) is 4.57. The van der Waals surface area contributed by atoms with E-state index < -0.39 is 0 Å². The summed E-state index contributed by atoms with van der Waals surface area (Å²) >= 11 is 0. The summed E-state index contributed by atoms with van der Waals surface area (Å²) in [7, 11) is 0. The molecule has 1 aromatic heterocycles. The lowest BCUT2D eigenvalue weighted by Gasteiger charge is -2.34. The largest absolute Gasteiger partial charge is 0.346 e. The zero-order chi connectivity index (χ0) is 12.2. The molecule has 2 heteroatoms. The molecule has 1 fully saturated rings. The Morgan fingerprint density at radius 2 is 2.06 bits per heavy atom. The van der Waals surface area contributed by atoms with Crippen LogP contribution in [0.5, 0.6) is 0 Å². The fourth-order valence-electron chi connectivity index (χ4n) is 2.61. The van der Waals surface area contributed by atoms with E-state index in [0.29, 0.717) is 11.3 Å². The standard InChI is InChI=1S/C12H20N2.C2H6/c1-9-13-8-11(14-9)10-5-4-6-12(2,3)7-10;1-2/h8,10H,4-7H2,1-3H3,(H,13,14);1-2H3. The van der Waals surface area contributed by atoms with Crippen molar-refractivity contribution in [3.05, 3.63) is 17.7 Å². The van der Waals surface area contributed by atoms with Gasteiger partial charge in [-0.1, -0.05) is 34.1 Å². The summed E-state index contributed by atoms with van der Waals surface area (Å²) in [6, 6.07) is 0. The minimum atomic E-state index is 0.516. The van der Waals surface area contributed by atoms with Gasteiger partial charge in [0.15, 0.2) is 0 Å². The van der Waals surface area contributed by atoms with Gasteiger partial charge < -0.3 is 4.98 Å². The number of aromatic nitrogens is 2. The summed E-state index contributed by atoms with van der Waals surface area (Å²) < 4.78 is 0. The van der Waals surface area contributed by atoms with Crippen LogP contribution in [-0.4, -0.2) is 9.97 Å². The number of rotatable bonds is 1. The molecule has 0 radical (unpaired) electrons. The molecule has 1 unspecified atom stereocenters. The number of hydrogen-bond acceptors (Lipinski definition) is 1. The zero-order valence-corrected chi connectivity index (χ0v) is 11.4. The van der Waals surface area contributed by atoms with Crippen LogP contribution in [-0.2, 0) is 0 Å². The van der Waals surface area contributed by atoms with Crippen molar-refractivity contribution >= 4 is 0 Å². The first kappa shape index (κ1) is 13.3. The summed E-state index contributed by atoms with van der Waals surface area (Å²) in [5.74, 6) is 1.75. The van der Waals surface area contributed by atoms with Gasteiger partial charge in [0.05, 0.1) is 0 Å². The van der Waals surface area contributed by atoms with Crippen molar-refractivity contribution in [3.8, 4) is 0 Å². The molecule has 0 aliphatic heterocycles. The van der Waals surface area contributed by atoms with E-state index in [9.17, 15) is 0 Å². The van der Waals surface area contributed by atoms with Crippen molar-refractivity contribution in [2.45, 2.75) is 66.2 Å². The van der Waals surface area contributed by atoms with Gasteiger partial charge in [-0.25, -0.2) is 4.98 Å². The second kappa shape index (κ2) is 5.51. The molecule has 1 aliphatic carbocycles. The SMILES string of the molecule is CC.Cc1ncc(C2CCCC(C)(C)C2)[nH]1. The first-order valence-electron chi connectivity index (χ1n) is 6.58. The predicted octanol–water partition coefficient (Wildman–Crippen LogP) is 4.43. The van der Waals surface area contributed by atoms with Crippen molar-refractivity contribution in [3.63, 3.8) is 0 Å². The average Bonchev–Trinajstić information content (AvgIpc) is 2.66. The highest BCUT2D eigenvalue weighted by atomic mass is 14.9. The minimum absolute atomic E-state index is 0.516. The molecule has 1 aliphatic rings. The van der Waals surface area contributed by atoms with Gasteiger partial charge in [0.25, 0.3) is 0 Å². The van der Waals surface area contributed by atoms with Crippen molar-refractivity contribution in [1.82, 2.24) is 9.97 Å². The maximum absolute atomic E-state index is 4.28. The van der Waals surface area contributed by atoms with Crippen LogP contribution in [0.4, 0.5) is 0 Å². The summed E-state index contributed by atoms with van der Waals surface area (Å²) in [4.78, 5) is 7.66. The van der Waals surface area contributed by atoms with Crippen molar-refractivity contribution in [2.24, 2.45) is 5.41 Å². The molecule has 0 bridgehead atoms. The van der Waals surface area contributed by atoms with E-state index >= 15 is 0 Å². The first-order chi connectivity index (χ1) is 7.57. The fourth-order valence-corrected chi connectivity index (χ4v) is 2.61. The Bertz CT molecular complexity index is 312. The van der Waals surface area contributed by atoms with Gasteiger partial charge in [0.2, 0.25) is 0 Å². The lowest BCUT2D eigenvalue weighted by atomic mass is 9.71. The molecule has 2 nitrogen and oxygen atoms in total. The lowest BCUT2D eigenvalue weighted by molar-refractivity contribution is 0.217. The van der Waals surface area contributed by atoms with E-state index in [1.807, 2.05) is 27.0 Å². The molecule has 1 aromatic rings. The highest BCUT2D eigenvalue weighted by Gasteiger charge is 2.29. The molecule has 0 amide bonds. The Hall–Kier alpha value is -0.790. The summed E-state index contributed by atoms with van der Waals surface area (Å²) in [6.45, 7) is 10.8. The number of nitrogens with one attached hydrogen (secondary N) is 1. The topological polar surface area (TPSA) is 28.7 Å². The molecule has 16 heavy (non-hydrogen) atoms. The minimum Gasteiger partial charge on any atom is -0.346 e. The highest BCUT2D eigenvalue weighted by Crippen LogP contribution is 2.42. The summed E-state index contributed by atoms with van der Waals surface area (Å²) in [5.41, 5.74) is 1.86. The number of imidazole rings is 1. The first-order valence-corrected chi connectivity index (χ1v) is 6.58. The number of aromatic amines is 1. The van der Waals surface area contributed by atoms with Crippen LogP contribution in [0, 0.1) is 12.3 Å². The van der Waals surface area contributed by atoms with Crippen LogP contribution >= 0.6 is 0 Å². The predicted molar refractivity (Wildman–Crippen MR) is 69.7 cm³/mol. The van der Waals surface area contributed by atoms with Gasteiger partial charge in [-0.05, 0) is 31.6 Å². The quantitative estimate of drug-likeness (QED) is 0.748. The second-order valence-electron chi connectivity index (χ2n) is 5.38. The van der Waals surface area contributed by atoms with Crippen LogP contribution in [0.3, 0.4) is 0 Å². The summed E-state index contributed by atoms with van der Waals surface area (Å²) in [6.07, 6.45) is 7.37. The summed E-state index contributed by atoms with van der Waals surface area (Å²) in [5, 5.41) is 0. The van der Waals surface area contributed by atoms with E-state index in [4.69, 9.17) is 0 Å². The molecule has 0 spiro atoms. The van der Waals surface area contributed by atoms with Crippen LogP contribution in [0.2, 0.25) is 0 Å². The van der Waals surface area contributed by atoms with Crippen molar-refractivity contribution in [1.29, 1.82) is 0 Å². The van der Waals surface area contributed by atoms with E-state index in [1.165, 1.54) is 31.4 Å². The third-order valence-corrected chi connectivity index (χ3v) is 3.37. The third-order valence-electron chi connectivity index (χ3n) is 3.37. The normalized spacial score (nSPS) is 23.4. The molecule has 2 rings (SSSR count). The Morgan fingerprint density at radius 3 is 2.56 bits per heavy atom. The van der Waals surface area contributed by atoms with E-state index in [0.717, 1.165) is 5.82 Å².